The van der Waals surface area contributed by atoms with Crippen molar-refractivity contribution in [1.82, 2.24) is 8.54 Å². The van der Waals surface area contributed by atoms with E-state index in [9.17, 15) is 17.6 Å². The molecule has 112 valence electrons. The molecule has 0 saturated heterocycles. The predicted molar refractivity (Wildman–Crippen MR) is 74.9 cm³/mol. The van der Waals surface area contributed by atoms with Gasteiger partial charge >= 0.3 is 5.69 Å². The minimum Gasteiger partial charge on any atom is -0.278 e. The summed E-state index contributed by atoms with van der Waals surface area (Å²) in [5.41, 5.74) is -2.26. The van der Waals surface area contributed by atoms with Crippen molar-refractivity contribution in [3.63, 3.8) is 0 Å². The zero-order valence-electron chi connectivity index (χ0n) is 16.7. The van der Waals surface area contributed by atoms with E-state index in [0.29, 0.717) is 0 Å². The van der Waals surface area contributed by atoms with E-state index in [4.69, 9.17) is 8.22 Å². The molecule has 0 saturated carbocycles. The fraction of sp³-hybridized carbons (Fsp3) is 0.231. The first-order chi connectivity index (χ1) is 12.1. The molecule has 6 nitrogen and oxygen atoms in total. The third-order valence-corrected chi connectivity index (χ3v) is 4.37. The van der Waals surface area contributed by atoms with E-state index < -0.39 is 41.0 Å². The lowest BCUT2D eigenvalue weighted by Crippen LogP contribution is -2.42. The minimum atomic E-state index is -4.64. The molecule has 0 N–H and O–H groups in total. The summed E-state index contributed by atoms with van der Waals surface area (Å²) in [7, 11) is -4.64. The van der Waals surface area contributed by atoms with Gasteiger partial charge in [-0.05, 0) is 19.1 Å². The average molecular weight is 317 g/mol. The van der Waals surface area contributed by atoms with Crippen molar-refractivity contribution in [3.8, 4) is 0 Å². The lowest BCUT2D eigenvalue weighted by molar-refractivity contribution is 0.537. The third-order valence-electron chi connectivity index (χ3n) is 2.72. The number of nitrogens with zero attached hydrogens (tertiary/aromatic N) is 3. The summed E-state index contributed by atoms with van der Waals surface area (Å²) in [6.07, 6.45) is 0.199. The fourth-order valence-corrected chi connectivity index (χ4v) is 2.84. The highest BCUT2D eigenvalue weighted by Crippen LogP contribution is 2.12. The van der Waals surface area contributed by atoms with Crippen molar-refractivity contribution < 1.29 is 21.0 Å². The Morgan fingerprint density at radius 2 is 1.95 bits per heavy atom. The molecule has 0 amide bonds. The van der Waals surface area contributed by atoms with Gasteiger partial charge in [-0.2, -0.15) is 3.97 Å². The van der Waals surface area contributed by atoms with Crippen LogP contribution in [0.5, 0.6) is 0 Å². The van der Waals surface area contributed by atoms with Gasteiger partial charge < -0.3 is 0 Å². The highest BCUT2D eigenvalue weighted by molar-refractivity contribution is 7.90. The maximum absolute atomic E-state index is 14.4. The summed E-state index contributed by atoms with van der Waals surface area (Å²) in [5, 5.41) is 0. The Morgan fingerprint density at radius 1 is 1.29 bits per heavy atom. The number of aryl methyl sites for hydroxylation is 1. The largest absolute Gasteiger partial charge is 0.343 e. The van der Waals surface area contributed by atoms with Gasteiger partial charge in [0.15, 0.2) is 11.3 Å². The van der Waals surface area contributed by atoms with Crippen LogP contribution < -0.4 is 11.2 Å². The van der Waals surface area contributed by atoms with Crippen LogP contribution in [0.25, 0.3) is 0 Å². The average Bonchev–Trinajstić information content (AvgIpc) is 2.48. The van der Waals surface area contributed by atoms with E-state index in [2.05, 4.69) is 4.99 Å². The van der Waals surface area contributed by atoms with Crippen LogP contribution >= 0.6 is 0 Å². The number of halogens is 1. The first kappa shape index (κ1) is 8.93. The molecule has 0 aliphatic heterocycles. The second-order valence-corrected chi connectivity index (χ2v) is 5.96. The molecular formula is C13H14FN3O3S. The lowest BCUT2D eigenvalue weighted by atomic mass is 10.2. The summed E-state index contributed by atoms with van der Waals surface area (Å²) in [6, 6.07) is 5.19. The van der Waals surface area contributed by atoms with E-state index in [1.807, 2.05) is 0 Å². The van der Waals surface area contributed by atoms with Gasteiger partial charge in [-0.15, -0.1) is 0 Å². The molecule has 0 fully saturated rings. The molecule has 0 atom stereocenters. The topological polar surface area (TPSA) is 73.4 Å². The highest BCUT2D eigenvalue weighted by atomic mass is 32.2. The van der Waals surface area contributed by atoms with E-state index in [1.165, 1.54) is 12.1 Å². The number of hydrogen-bond acceptors (Lipinski definition) is 4. The minimum absolute atomic E-state index is 0.0993. The monoisotopic (exact) mass is 317 g/mol. The number of hydrogen-bond donors (Lipinski definition) is 0. The van der Waals surface area contributed by atoms with Crippen LogP contribution in [0.15, 0.2) is 45.1 Å². The Labute approximate surface area is 129 Å². The summed E-state index contributed by atoms with van der Waals surface area (Å²) >= 11 is 0. The molecule has 0 aliphatic rings. The molecule has 0 radical (unpaired) electrons. The van der Waals surface area contributed by atoms with Crippen molar-refractivity contribution in [1.29, 1.82) is 0 Å². The van der Waals surface area contributed by atoms with E-state index in [0.717, 1.165) is 17.7 Å². The second kappa shape index (κ2) is 5.28. The van der Waals surface area contributed by atoms with Gasteiger partial charge in [0.25, 0.3) is 10.0 Å². The summed E-state index contributed by atoms with van der Waals surface area (Å²) in [6.45, 7) is -4.84. The number of benzene rings is 1. The summed E-state index contributed by atoms with van der Waals surface area (Å²) in [5.74, 6) is -1.60. The van der Waals surface area contributed by atoms with Gasteiger partial charge in [-0.25, -0.2) is 17.6 Å². The molecule has 2 rings (SSSR count). The van der Waals surface area contributed by atoms with Gasteiger partial charge in [0.05, 0.1) is 11.1 Å². The van der Waals surface area contributed by atoms with E-state index in [1.54, 1.807) is 6.92 Å². The zero-order chi connectivity index (χ0) is 20.8. The smallest absolute Gasteiger partial charge is 0.278 e. The van der Waals surface area contributed by atoms with Gasteiger partial charge in [-0.3, -0.25) is 9.56 Å². The normalized spacial score (nSPS) is 18.1. The van der Waals surface area contributed by atoms with Crippen LogP contribution in [0.3, 0.4) is 0 Å². The third kappa shape index (κ3) is 2.54. The van der Waals surface area contributed by atoms with E-state index in [-0.39, 0.29) is 19.6 Å². The van der Waals surface area contributed by atoms with Crippen molar-refractivity contribution in [2.45, 2.75) is 11.8 Å². The highest BCUT2D eigenvalue weighted by Gasteiger charge is 2.21. The van der Waals surface area contributed by atoms with Crippen molar-refractivity contribution in [2.24, 2.45) is 12.0 Å². The van der Waals surface area contributed by atoms with Crippen LogP contribution in [0.2, 0.25) is 0 Å². The number of aromatic nitrogens is 2. The predicted octanol–water partition coefficient (Wildman–Crippen LogP) is 0.402. The fourth-order valence-electron chi connectivity index (χ4n) is 1.61. The lowest BCUT2D eigenvalue weighted by Gasteiger charge is -2.10. The number of rotatable bonds is 2. The molecule has 1 aromatic carbocycles. The van der Waals surface area contributed by atoms with Crippen LogP contribution in [-0.4, -0.2) is 23.9 Å². The molecule has 0 spiro atoms. The van der Waals surface area contributed by atoms with Crippen molar-refractivity contribution in [3.05, 3.63) is 57.8 Å². The van der Waals surface area contributed by atoms with Crippen molar-refractivity contribution >= 4 is 10.0 Å². The van der Waals surface area contributed by atoms with Crippen LogP contribution in [-0.2, 0) is 17.0 Å². The quantitative estimate of drug-likeness (QED) is 0.805. The van der Waals surface area contributed by atoms with Crippen LogP contribution in [0.1, 0.15) is 13.8 Å². The standard InChI is InChI=1S/C13H14FN3O3S/c1-9-4-6-10(7-5-9)21(19,20)17-8-11(14)12(15-2)16(3)13(17)18/h4-8H,1-3H3/i2D3,3D3. The Kier molecular flexibility index (Phi) is 2.25. The van der Waals surface area contributed by atoms with Crippen LogP contribution in [0.4, 0.5) is 4.39 Å². The molecule has 21 heavy (non-hydrogen) atoms. The molecular weight excluding hydrogens is 297 g/mol. The van der Waals surface area contributed by atoms with E-state index >= 15 is 0 Å². The Morgan fingerprint density at radius 3 is 2.52 bits per heavy atom. The first-order valence-corrected chi connectivity index (χ1v) is 7.01. The first-order valence-electron chi connectivity index (χ1n) is 8.57. The molecule has 0 aliphatic carbocycles. The SMILES string of the molecule is [2H]C([2H])([2H])N=c1c(F)cn(S(=O)(=O)c2ccc(C)cc2)c(=O)n1C([2H])([2H])[2H]. The molecule has 1 aromatic heterocycles. The van der Waals surface area contributed by atoms with Gasteiger partial charge in [0, 0.05) is 22.2 Å². The van der Waals surface area contributed by atoms with Gasteiger partial charge in [0.2, 0.25) is 0 Å². The summed E-state index contributed by atoms with van der Waals surface area (Å²) in [4.78, 5) is 15.1. The maximum Gasteiger partial charge on any atom is 0.343 e. The zero-order valence-corrected chi connectivity index (χ0v) is 11.6. The molecule has 8 heteroatoms. The Bertz CT molecular complexity index is 1100. The second-order valence-electron chi connectivity index (χ2n) is 4.14. The maximum atomic E-state index is 14.4. The Balaban J connectivity index is 2.94. The summed E-state index contributed by atoms with van der Waals surface area (Å²) < 4.78 is 82.6. The van der Waals surface area contributed by atoms with Crippen LogP contribution in [0, 0.1) is 12.7 Å². The molecule has 2 aromatic rings. The van der Waals surface area contributed by atoms with Crippen molar-refractivity contribution in [2.75, 3.05) is 6.98 Å². The molecule has 0 bridgehead atoms. The molecule has 1 heterocycles. The van der Waals surface area contributed by atoms with Gasteiger partial charge in [0.1, 0.15) is 0 Å². The van der Waals surface area contributed by atoms with Gasteiger partial charge in [-0.1, -0.05) is 17.7 Å². The molecule has 0 unspecified atom stereocenters. The Hall–Kier alpha value is -2.22.